The van der Waals surface area contributed by atoms with Crippen molar-refractivity contribution in [2.24, 2.45) is 17.9 Å². The number of halogens is 2. The van der Waals surface area contributed by atoms with Gasteiger partial charge in [0.2, 0.25) is 12.7 Å². The average molecular weight is 692 g/mol. The van der Waals surface area contributed by atoms with Crippen LogP contribution in [0, 0.1) is 0 Å². The second-order valence-corrected chi connectivity index (χ2v) is 12.4. The summed E-state index contributed by atoms with van der Waals surface area (Å²) < 4.78 is 71.4. The van der Waals surface area contributed by atoms with Crippen LogP contribution in [0.2, 0.25) is 0 Å². The van der Waals surface area contributed by atoms with E-state index in [1.54, 1.807) is 13.1 Å². The molecule has 1 aromatic carbocycles. The smallest absolute Gasteiger partial charge is 0.418 e. The molecule has 250 valence electrons. The maximum Gasteiger partial charge on any atom is 0.418 e. The fraction of sp³-hybridized carbons (Fsp3) is 0.417. The number of nitrogens with one attached hydrogen (secondary N) is 1. The molecule has 3 aromatic rings. The first-order valence-electron chi connectivity index (χ1n) is 13.0. The van der Waals surface area contributed by atoms with E-state index in [4.69, 9.17) is 25.6 Å². The number of benzene rings is 1. The van der Waals surface area contributed by atoms with Gasteiger partial charge in [-0.05, 0) is 32.0 Å². The highest BCUT2D eigenvalue weighted by Crippen LogP contribution is 2.33. The molecule has 3 heterocycles. The van der Waals surface area contributed by atoms with Gasteiger partial charge in [-0.3, -0.25) is 14.1 Å². The summed E-state index contributed by atoms with van der Waals surface area (Å²) >= 11 is 0.920. The Morgan fingerprint density at radius 3 is 2.61 bits per heavy atom. The third-order valence-electron chi connectivity index (χ3n) is 6.76. The summed E-state index contributed by atoms with van der Waals surface area (Å²) in [6.45, 7) is 0.541. The van der Waals surface area contributed by atoms with Crippen molar-refractivity contribution < 1.29 is 59.8 Å². The summed E-state index contributed by atoms with van der Waals surface area (Å²) in [6.07, 6.45) is -0.327. The third-order valence-corrected chi connectivity index (χ3v) is 7.77. The highest BCUT2D eigenvalue weighted by Gasteiger charge is 2.58. The molecule has 2 amide bonds. The Morgan fingerprint density at radius 2 is 2.04 bits per heavy atom. The highest BCUT2D eigenvalue weighted by atomic mass is 32.3. The maximum atomic E-state index is 13.9. The summed E-state index contributed by atoms with van der Waals surface area (Å²) in [7, 11) is -3.46. The van der Waals surface area contributed by atoms with Crippen molar-refractivity contribution >= 4 is 61.3 Å². The van der Waals surface area contributed by atoms with Gasteiger partial charge in [0.05, 0.1) is 24.5 Å². The molecule has 0 saturated carbocycles. The molecule has 0 spiro atoms. The third kappa shape index (κ3) is 7.47. The molecule has 7 N–H and O–H groups in total. The molecule has 0 aliphatic carbocycles. The number of oxime groups is 1. The lowest BCUT2D eigenvalue weighted by Gasteiger charge is -2.50. The molecular weight excluding hydrogens is 662 g/mol. The SMILES string of the molecule is Cn1c2ccc(OC[C@H](O/N=C(\C(=O)NC3C(=O)N(OS(=O)(=O)O)C3(C)C)c3csc(N)n3)C(=O)O)cc2c[n+]1CC(F)(F)CN. The molecule has 2 aromatic heterocycles. The predicted octanol–water partition coefficient (Wildman–Crippen LogP) is -0.809. The van der Waals surface area contributed by atoms with Crippen molar-refractivity contribution in [1.82, 2.24) is 20.0 Å². The van der Waals surface area contributed by atoms with E-state index in [2.05, 4.69) is 19.7 Å². The highest BCUT2D eigenvalue weighted by molar-refractivity contribution is 7.80. The molecule has 46 heavy (non-hydrogen) atoms. The lowest BCUT2D eigenvalue weighted by Crippen LogP contribution is -2.76. The molecule has 4 rings (SSSR count). The largest absolute Gasteiger partial charge is 0.489 e. The molecule has 1 aliphatic heterocycles. The normalized spacial score (nSPS) is 17.5. The second-order valence-electron chi connectivity index (χ2n) is 10.5. The number of anilines is 1. The molecule has 18 nitrogen and oxygen atoms in total. The molecule has 0 radical (unpaired) electrons. The Labute approximate surface area is 263 Å². The number of hydroxylamine groups is 2. The van der Waals surface area contributed by atoms with E-state index in [1.807, 2.05) is 0 Å². The number of amides is 2. The van der Waals surface area contributed by atoms with Gasteiger partial charge in [-0.15, -0.1) is 20.3 Å². The Bertz CT molecular complexity index is 1810. The van der Waals surface area contributed by atoms with Crippen LogP contribution in [0.15, 0.2) is 34.9 Å². The Kier molecular flexibility index (Phi) is 9.49. The zero-order valence-electron chi connectivity index (χ0n) is 24.3. The fourth-order valence-electron chi connectivity index (χ4n) is 4.31. The number of alkyl halides is 2. The van der Waals surface area contributed by atoms with Crippen molar-refractivity contribution in [1.29, 1.82) is 0 Å². The minimum atomic E-state index is -5.04. The van der Waals surface area contributed by atoms with Crippen molar-refractivity contribution in [2.45, 2.75) is 44.0 Å². The van der Waals surface area contributed by atoms with Gasteiger partial charge in [-0.1, -0.05) is 5.16 Å². The topological polar surface area (TPSA) is 255 Å². The van der Waals surface area contributed by atoms with E-state index in [0.29, 0.717) is 16.0 Å². The number of aromatic nitrogens is 3. The zero-order chi connectivity index (χ0) is 34.2. The first-order chi connectivity index (χ1) is 21.3. The number of aliphatic carboxylic acids is 1. The predicted molar refractivity (Wildman–Crippen MR) is 154 cm³/mol. The van der Waals surface area contributed by atoms with E-state index >= 15 is 0 Å². The number of hydrogen-bond donors (Lipinski definition) is 5. The molecule has 1 unspecified atom stereocenters. The first-order valence-corrected chi connectivity index (χ1v) is 15.3. The molecule has 1 aliphatic rings. The fourth-order valence-corrected chi connectivity index (χ4v) is 5.32. The summed E-state index contributed by atoms with van der Waals surface area (Å²) in [5, 5.41) is 17.9. The number of rotatable bonds is 14. The van der Waals surface area contributed by atoms with Gasteiger partial charge in [-0.2, -0.15) is 26.9 Å². The number of fused-ring (bicyclic) bond motifs is 1. The molecule has 1 fully saturated rings. The van der Waals surface area contributed by atoms with Crippen molar-refractivity contribution in [2.75, 3.05) is 18.9 Å². The number of aryl methyl sites for hydroxylation is 1. The maximum absolute atomic E-state index is 13.9. The van der Waals surface area contributed by atoms with Crippen LogP contribution in [-0.2, 0) is 47.5 Å². The number of nitrogens with zero attached hydrogens (tertiary/aromatic N) is 5. The number of carboxylic acids is 1. The summed E-state index contributed by atoms with van der Waals surface area (Å²) in [5.41, 5.74) is 9.20. The van der Waals surface area contributed by atoms with Crippen LogP contribution in [0.5, 0.6) is 5.75 Å². The van der Waals surface area contributed by atoms with E-state index in [9.17, 15) is 36.7 Å². The Hall–Kier alpha value is -4.51. The monoisotopic (exact) mass is 691 g/mol. The molecule has 0 bridgehead atoms. The van der Waals surface area contributed by atoms with E-state index < -0.39 is 77.2 Å². The number of nitrogen functional groups attached to an aromatic ring is 1. The van der Waals surface area contributed by atoms with Gasteiger partial charge >= 0.3 is 22.3 Å². The molecular formula is C24H29F2N8O10S2+. The molecule has 2 atom stereocenters. The number of nitrogens with two attached hydrogens (primary N) is 2. The standard InChI is InChI=1S/C24H28F2N8O10S2/c1-23(2)18(20(36)34(23)44-46(39,40)41)30-19(35)17(14-9-45-22(28)29-14)31-43-16(21(37)38)8-42-13-4-5-15-12(6-13)7-33(32(15)3)11-24(25,26)10-27/h4-7,9,16,18H,8,10-11,27H2,1-3H3,(H4-,28,29,30,35,37,38,39,40,41)/p+1/b31-17-/t16-,18?/m0/s1. The Morgan fingerprint density at radius 1 is 1.35 bits per heavy atom. The van der Waals surface area contributed by atoms with E-state index in [1.165, 1.54) is 46.9 Å². The van der Waals surface area contributed by atoms with Gasteiger partial charge in [0.1, 0.15) is 29.6 Å². The van der Waals surface area contributed by atoms with Crippen LogP contribution in [0.25, 0.3) is 10.9 Å². The second kappa shape index (κ2) is 12.7. The van der Waals surface area contributed by atoms with Crippen LogP contribution in [0.4, 0.5) is 13.9 Å². The van der Waals surface area contributed by atoms with Crippen LogP contribution in [-0.4, -0.2) is 93.1 Å². The van der Waals surface area contributed by atoms with Crippen LogP contribution < -0.4 is 26.2 Å². The summed E-state index contributed by atoms with van der Waals surface area (Å²) in [4.78, 5) is 46.7. The molecule has 22 heteroatoms. The lowest BCUT2D eigenvalue weighted by molar-refractivity contribution is -0.783. The lowest BCUT2D eigenvalue weighted by atomic mass is 9.84. The number of carbonyl (C=O) groups is 3. The number of carboxylic acid groups (broad SMARTS) is 1. The average Bonchev–Trinajstić information content (AvgIpc) is 3.52. The minimum Gasteiger partial charge on any atom is -0.489 e. The van der Waals surface area contributed by atoms with Crippen molar-refractivity contribution in [3.63, 3.8) is 0 Å². The van der Waals surface area contributed by atoms with Gasteiger partial charge in [0.15, 0.2) is 10.8 Å². The van der Waals surface area contributed by atoms with Gasteiger partial charge in [-0.25, -0.2) is 9.78 Å². The van der Waals surface area contributed by atoms with Gasteiger partial charge in [0.25, 0.3) is 17.9 Å². The van der Waals surface area contributed by atoms with E-state index in [0.717, 1.165) is 11.3 Å². The van der Waals surface area contributed by atoms with Crippen molar-refractivity contribution in [3.8, 4) is 5.75 Å². The van der Waals surface area contributed by atoms with Gasteiger partial charge < -0.3 is 31.5 Å². The van der Waals surface area contributed by atoms with E-state index in [-0.39, 0.29) is 16.6 Å². The number of ether oxygens (including phenoxy) is 1. The summed E-state index contributed by atoms with van der Waals surface area (Å²) in [6, 6.07) is 3.20. The molecule has 1 saturated heterocycles. The summed E-state index contributed by atoms with van der Waals surface area (Å²) in [5.74, 6) is -6.60. The first kappa shape index (κ1) is 34.4. The minimum absolute atomic E-state index is 0.0192. The van der Waals surface area contributed by atoms with Crippen molar-refractivity contribution in [3.05, 3.63) is 35.5 Å². The zero-order valence-corrected chi connectivity index (χ0v) is 25.9. The number of thiazole rings is 1. The van der Waals surface area contributed by atoms with Crippen LogP contribution >= 0.6 is 11.3 Å². The number of β-lactam (4-membered cyclic amide) rings is 1. The van der Waals surface area contributed by atoms with Gasteiger partial charge in [0, 0.05) is 5.38 Å². The number of carbonyl (C=O) groups excluding carboxylic acids is 2. The van der Waals surface area contributed by atoms with Crippen LogP contribution in [0.3, 0.4) is 0 Å². The quantitative estimate of drug-likeness (QED) is 0.0456. The number of hydrogen-bond acceptors (Lipinski definition) is 13. The van der Waals surface area contributed by atoms with Crippen LogP contribution in [0.1, 0.15) is 19.5 Å². The Balaban J connectivity index is 1.50.